The van der Waals surface area contributed by atoms with Crippen molar-refractivity contribution in [2.75, 3.05) is 0 Å². The molecule has 0 saturated carbocycles. The van der Waals surface area contributed by atoms with Crippen LogP contribution in [0.15, 0.2) is 96.4 Å². The highest BCUT2D eigenvalue weighted by atomic mass is 28.3. The number of allylic oxidation sites excluding steroid dienone is 2. The first-order valence-corrected chi connectivity index (χ1v) is 22.3. The molecular formula is C36H52O4Si2. The average molecular weight is 605 g/mol. The molecule has 0 fully saturated rings. The molecule has 4 nitrogen and oxygen atoms in total. The van der Waals surface area contributed by atoms with Crippen molar-refractivity contribution < 1.29 is 19.1 Å². The number of carbonyl (C=O) groups excluding carboxylic acids is 2. The minimum atomic E-state index is -1.67. The van der Waals surface area contributed by atoms with Crippen molar-refractivity contribution in [3.8, 4) is 0 Å². The zero-order valence-electron chi connectivity index (χ0n) is 26.8. The molecule has 42 heavy (non-hydrogen) atoms. The lowest BCUT2D eigenvalue weighted by Crippen LogP contribution is -2.34. The van der Waals surface area contributed by atoms with Gasteiger partial charge in [0.05, 0.1) is 16.1 Å². The van der Waals surface area contributed by atoms with Crippen LogP contribution >= 0.6 is 0 Å². The first kappa shape index (κ1) is 35.2. The van der Waals surface area contributed by atoms with E-state index in [2.05, 4.69) is 76.7 Å². The molecule has 0 heterocycles. The van der Waals surface area contributed by atoms with Gasteiger partial charge in [0.1, 0.15) is 12.2 Å². The summed E-state index contributed by atoms with van der Waals surface area (Å²) in [4.78, 5) is 25.4. The SMILES string of the molecule is C=C(C(CCc1ccccc1)OC(=O)CC/C=C/CCC(=O)OC(CCc1ccccc1)C(=C)[Si](C)(C)C)[Si](C)(C)C. The van der Waals surface area contributed by atoms with E-state index in [0.29, 0.717) is 25.7 Å². The number of hydrogen-bond donors (Lipinski definition) is 0. The fraction of sp³-hybridized carbons (Fsp3) is 0.444. The molecule has 0 spiro atoms. The van der Waals surface area contributed by atoms with Gasteiger partial charge in [0.2, 0.25) is 0 Å². The minimum Gasteiger partial charge on any atom is -0.458 e. The Labute approximate surface area is 256 Å². The molecule has 0 aliphatic carbocycles. The molecule has 6 heteroatoms. The summed E-state index contributed by atoms with van der Waals surface area (Å²) in [6.07, 6.45) is 8.32. The first-order valence-electron chi connectivity index (χ1n) is 15.3. The molecule has 0 saturated heterocycles. The number of carbonyl (C=O) groups is 2. The highest BCUT2D eigenvalue weighted by Crippen LogP contribution is 2.24. The Morgan fingerprint density at radius 3 is 1.29 bits per heavy atom. The summed E-state index contributed by atoms with van der Waals surface area (Å²) in [7, 11) is -3.35. The number of esters is 2. The molecular weight excluding hydrogens is 553 g/mol. The lowest BCUT2D eigenvalue weighted by atomic mass is 10.1. The molecule has 2 rings (SSSR count). The number of hydrogen-bond acceptors (Lipinski definition) is 4. The van der Waals surface area contributed by atoms with E-state index in [0.717, 1.165) is 36.1 Å². The smallest absolute Gasteiger partial charge is 0.306 e. The number of rotatable bonds is 18. The minimum absolute atomic E-state index is 0.206. The Balaban J connectivity index is 1.80. The van der Waals surface area contributed by atoms with Gasteiger partial charge < -0.3 is 9.47 Å². The molecule has 0 aliphatic heterocycles. The number of aryl methyl sites for hydroxylation is 2. The summed E-state index contributed by atoms with van der Waals surface area (Å²) in [5.74, 6) is -0.412. The maximum absolute atomic E-state index is 12.7. The number of ether oxygens (including phenoxy) is 2. The standard InChI is InChI=1S/C36H52O4Si2/c1-29(41(3,4)5)33(27-25-31-19-13-11-14-20-31)39-35(37)23-17-9-10-18-24-36(38)40-34(30(2)42(6,7)8)28-26-32-21-15-12-16-22-32/h9-16,19-22,33-34H,1-2,17-18,23-28H2,3-8H3/b10-9+. The molecule has 2 aromatic rings. The van der Waals surface area contributed by atoms with Crippen LogP contribution in [0, 0.1) is 0 Å². The van der Waals surface area contributed by atoms with Gasteiger partial charge in [-0.2, -0.15) is 0 Å². The topological polar surface area (TPSA) is 52.6 Å². The van der Waals surface area contributed by atoms with Crippen molar-refractivity contribution in [1.29, 1.82) is 0 Å². The lowest BCUT2D eigenvalue weighted by molar-refractivity contribution is -0.148. The fourth-order valence-electron chi connectivity index (χ4n) is 4.53. The predicted molar refractivity (Wildman–Crippen MR) is 182 cm³/mol. The van der Waals surface area contributed by atoms with Gasteiger partial charge >= 0.3 is 11.9 Å². The van der Waals surface area contributed by atoms with E-state index in [9.17, 15) is 9.59 Å². The Morgan fingerprint density at radius 2 is 0.976 bits per heavy atom. The highest BCUT2D eigenvalue weighted by molar-refractivity contribution is 6.83. The van der Waals surface area contributed by atoms with Crippen molar-refractivity contribution >= 4 is 28.1 Å². The van der Waals surface area contributed by atoms with Crippen LogP contribution in [0.5, 0.6) is 0 Å². The number of benzene rings is 2. The van der Waals surface area contributed by atoms with Crippen LogP contribution in [-0.2, 0) is 31.9 Å². The molecule has 228 valence electrons. The van der Waals surface area contributed by atoms with Gasteiger partial charge in [-0.25, -0.2) is 0 Å². The van der Waals surface area contributed by atoms with E-state index in [4.69, 9.17) is 9.47 Å². The van der Waals surface area contributed by atoms with E-state index in [1.165, 1.54) is 11.1 Å². The van der Waals surface area contributed by atoms with Gasteiger partial charge in [-0.15, -0.1) is 13.2 Å². The van der Waals surface area contributed by atoms with Crippen LogP contribution < -0.4 is 0 Å². The second kappa shape index (κ2) is 17.2. The highest BCUT2D eigenvalue weighted by Gasteiger charge is 2.29. The van der Waals surface area contributed by atoms with Crippen LogP contribution in [0.2, 0.25) is 39.3 Å². The maximum Gasteiger partial charge on any atom is 0.306 e. The normalized spacial score (nSPS) is 13.4. The second-order valence-corrected chi connectivity index (χ2v) is 23.4. The molecule has 0 aliphatic rings. The summed E-state index contributed by atoms with van der Waals surface area (Å²) < 4.78 is 11.9. The van der Waals surface area contributed by atoms with Gasteiger partial charge in [0, 0.05) is 12.8 Å². The lowest BCUT2D eigenvalue weighted by Gasteiger charge is -2.28. The third-order valence-corrected chi connectivity index (χ3v) is 12.0. The van der Waals surface area contributed by atoms with Crippen molar-refractivity contribution in [3.05, 3.63) is 107 Å². The van der Waals surface area contributed by atoms with Crippen molar-refractivity contribution in [2.24, 2.45) is 0 Å². The largest absolute Gasteiger partial charge is 0.458 e. The van der Waals surface area contributed by atoms with Crippen molar-refractivity contribution in [2.45, 2.75) is 103 Å². The third-order valence-electron chi connectivity index (χ3n) is 7.52. The van der Waals surface area contributed by atoms with Gasteiger partial charge in [-0.1, -0.05) is 112 Å². The zero-order valence-corrected chi connectivity index (χ0v) is 28.8. The predicted octanol–water partition coefficient (Wildman–Crippen LogP) is 9.06. The Morgan fingerprint density at radius 1 is 0.643 bits per heavy atom. The van der Waals surface area contributed by atoms with Gasteiger partial charge in [-0.05, 0) is 60.0 Å². The Hall–Kier alpha value is -2.97. The van der Waals surface area contributed by atoms with E-state index in [-0.39, 0.29) is 24.1 Å². The molecule has 0 radical (unpaired) electrons. The molecule has 0 bridgehead atoms. The van der Waals surface area contributed by atoms with Crippen LogP contribution in [0.4, 0.5) is 0 Å². The first-order chi connectivity index (χ1) is 19.8. The van der Waals surface area contributed by atoms with Crippen molar-refractivity contribution in [1.82, 2.24) is 0 Å². The summed E-state index contributed by atoms with van der Waals surface area (Å²) in [5.41, 5.74) is 2.46. The van der Waals surface area contributed by atoms with Crippen molar-refractivity contribution in [3.63, 3.8) is 0 Å². The summed E-state index contributed by atoms with van der Waals surface area (Å²) >= 11 is 0. The zero-order chi connectivity index (χ0) is 31.2. The maximum atomic E-state index is 12.7. The van der Waals surface area contributed by atoms with Gasteiger partial charge in [0.25, 0.3) is 0 Å². The summed E-state index contributed by atoms with van der Waals surface area (Å²) in [6.45, 7) is 22.1. The van der Waals surface area contributed by atoms with Crippen LogP contribution in [0.25, 0.3) is 0 Å². The quantitative estimate of drug-likeness (QED) is 0.0968. The average Bonchev–Trinajstić information content (AvgIpc) is 2.94. The Bertz CT molecular complexity index is 1080. The monoisotopic (exact) mass is 604 g/mol. The Kier molecular flexibility index (Phi) is 14.4. The molecule has 0 aromatic heterocycles. The van der Waals surface area contributed by atoms with Gasteiger partial charge in [-0.3, -0.25) is 9.59 Å². The van der Waals surface area contributed by atoms with E-state index < -0.39 is 16.1 Å². The van der Waals surface area contributed by atoms with Gasteiger partial charge in [0.15, 0.2) is 0 Å². The van der Waals surface area contributed by atoms with Crippen LogP contribution in [0.1, 0.15) is 49.7 Å². The molecule has 0 N–H and O–H groups in total. The van der Waals surface area contributed by atoms with E-state index >= 15 is 0 Å². The van der Waals surface area contributed by atoms with Crippen LogP contribution in [-0.4, -0.2) is 40.3 Å². The molecule has 2 aromatic carbocycles. The van der Waals surface area contributed by atoms with E-state index in [1.807, 2.05) is 48.6 Å². The summed E-state index contributed by atoms with van der Waals surface area (Å²) in [5, 5.41) is 2.14. The summed E-state index contributed by atoms with van der Waals surface area (Å²) in [6, 6.07) is 20.5. The van der Waals surface area contributed by atoms with Crippen LogP contribution in [0.3, 0.4) is 0 Å². The molecule has 0 amide bonds. The second-order valence-electron chi connectivity index (χ2n) is 13.1. The molecule has 2 atom stereocenters. The third kappa shape index (κ3) is 13.3. The fourth-order valence-corrected chi connectivity index (χ4v) is 6.87. The molecule has 2 unspecified atom stereocenters. The van der Waals surface area contributed by atoms with E-state index in [1.54, 1.807) is 0 Å².